The van der Waals surface area contributed by atoms with Gasteiger partial charge < -0.3 is 24.4 Å². The molecule has 2 aromatic carbocycles. The number of methoxy groups -OCH3 is 2. The Labute approximate surface area is 190 Å². The Hall–Kier alpha value is -3.23. The molecular formula is C23H24ClN5O3. The first-order chi connectivity index (χ1) is 15.6. The number of anilines is 3. The number of rotatable bonds is 5. The first-order valence-electron chi connectivity index (χ1n) is 10.4. The van der Waals surface area contributed by atoms with Crippen LogP contribution < -0.4 is 19.7 Å². The molecule has 32 heavy (non-hydrogen) atoms. The Morgan fingerprint density at radius 2 is 1.78 bits per heavy atom. The van der Waals surface area contributed by atoms with E-state index in [0.29, 0.717) is 22.3 Å². The minimum absolute atomic E-state index is 0.613. The van der Waals surface area contributed by atoms with Gasteiger partial charge in [-0.3, -0.25) is 4.40 Å². The van der Waals surface area contributed by atoms with E-state index in [2.05, 4.69) is 21.3 Å². The van der Waals surface area contributed by atoms with E-state index < -0.39 is 0 Å². The SMILES string of the molecule is COc1cc2nc(Nc3c(C)cc(N4CCOCC4)cc3Cl)c3cncn3c2cc1OC. The van der Waals surface area contributed by atoms with Crippen LogP contribution in [0, 0.1) is 6.92 Å². The molecule has 1 aliphatic heterocycles. The van der Waals surface area contributed by atoms with E-state index in [0.717, 1.165) is 59.8 Å². The zero-order chi connectivity index (χ0) is 22.2. The highest BCUT2D eigenvalue weighted by Crippen LogP contribution is 2.37. The van der Waals surface area contributed by atoms with Crippen LogP contribution >= 0.6 is 11.6 Å². The van der Waals surface area contributed by atoms with Crippen molar-refractivity contribution in [2.24, 2.45) is 0 Å². The summed E-state index contributed by atoms with van der Waals surface area (Å²) >= 11 is 6.73. The summed E-state index contributed by atoms with van der Waals surface area (Å²) in [6, 6.07) is 7.89. The molecule has 1 aliphatic rings. The topological polar surface area (TPSA) is 73.2 Å². The maximum Gasteiger partial charge on any atom is 0.163 e. The first-order valence-corrected chi connectivity index (χ1v) is 10.7. The summed E-state index contributed by atoms with van der Waals surface area (Å²) in [6.07, 6.45) is 3.53. The third-order valence-electron chi connectivity index (χ3n) is 5.75. The highest BCUT2D eigenvalue weighted by atomic mass is 35.5. The highest BCUT2D eigenvalue weighted by Gasteiger charge is 2.18. The Bertz CT molecular complexity index is 1280. The molecule has 1 N–H and O–H groups in total. The second-order valence-electron chi connectivity index (χ2n) is 7.65. The lowest BCUT2D eigenvalue weighted by molar-refractivity contribution is 0.122. The van der Waals surface area contributed by atoms with Crippen molar-refractivity contribution >= 4 is 45.3 Å². The molecule has 0 amide bonds. The molecule has 8 nitrogen and oxygen atoms in total. The second kappa shape index (κ2) is 8.37. The normalized spacial score (nSPS) is 14.2. The van der Waals surface area contributed by atoms with Crippen LogP contribution in [0.1, 0.15) is 5.56 Å². The largest absolute Gasteiger partial charge is 0.493 e. The molecule has 0 bridgehead atoms. The van der Waals surface area contributed by atoms with Crippen molar-refractivity contribution in [2.45, 2.75) is 6.92 Å². The Morgan fingerprint density at radius 3 is 2.50 bits per heavy atom. The number of aromatic nitrogens is 3. The van der Waals surface area contributed by atoms with Crippen LogP contribution in [-0.4, -0.2) is 54.9 Å². The molecule has 0 spiro atoms. The maximum absolute atomic E-state index is 6.73. The molecule has 2 aromatic heterocycles. The summed E-state index contributed by atoms with van der Waals surface area (Å²) < 4.78 is 18.4. The molecule has 4 aromatic rings. The first kappa shape index (κ1) is 20.7. The van der Waals surface area contributed by atoms with Crippen LogP contribution in [0.4, 0.5) is 17.2 Å². The van der Waals surface area contributed by atoms with Gasteiger partial charge in [0.1, 0.15) is 5.52 Å². The molecule has 5 rings (SSSR count). The molecule has 0 aliphatic carbocycles. The lowest BCUT2D eigenvalue weighted by atomic mass is 10.1. The molecule has 0 unspecified atom stereocenters. The molecule has 166 valence electrons. The number of ether oxygens (including phenoxy) is 3. The van der Waals surface area contributed by atoms with E-state index in [-0.39, 0.29) is 0 Å². The monoisotopic (exact) mass is 453 g/mol. The van der Waals surface area contributed by atoms with Gasteiger partial charge in [-0.05, 0) is 24.6 Å². The third-order valence-corrected chi connectivity index (χ3v) is 6.04. The van der Waals surface area contributed by atoms with Gasteiger partial charge in [0.05, 0.1) is 61.7 Å². The summed E-state index contributed by atoms with van der Waals surface area (Å²) in [5.41, 5.74) is 5.39. The number of hydrogen-bond acceptors (Lipinski definition) is 7. The van der Waals surface area contributed by atoms with Gasteiger partial charge in [0, 0.05) is 30.9 Å². The number of aryl methyl sites for hydroxylation is 1. The minimum Gasteiger partial charge on any atom is -0.493 e. The fraction of sp³-hybridized carbons (Fsp3) is 0.304. The van der Waals surface area contributed by atoms with Crippen LogP contribution in [0.25, 0.3) is 16.6 Å². The summed E-state index contributed by atoms with van der Waals surface area (Å²) in [5.74, 6) is 1.91. The van der Waals surface area contributed by atoms with Gasteiger partial charge in [0.25, 0.3) is 0 Å². The Kier molecular flexibility index (Phi) is 5.40. The Morgan fingerprint density at radius 1 is 1.03 bits per heavy atom. The van der Waals surface area contributed by atoms with Crippen LogP contribution in [0.15, 0.2) is 36.8 Å². The summed E-state index contributed by atoms with van der Waals surface area (Å²) in [7, 11) is 3.22. The number of benzene rings is 2. The van der Waals surface area contributed by atoms with Gasteiger partial charge in [-0.1, -0.05) is 11.6 Å². The Balaban J connectivity index is 1.58. The molecule has 1 saturated heterocycles. The average Bonchev–Trinajstić information content (AvgIpc) is 3.31. The van der Waals surface area contributed by atoms with Crippen molar-refractivity contribution in [1.29, 1.82) is 0 Å². The van der Waals surface area contributed by atoms with Gasteiger partial charge in [0.15, 0.2) is 17.3 Å². The number of imidazole rings is 1. The lowest BCUT2D eigenvalue weighted by Crippen LogP contribution is -2.36. The van der Waals surface area contributed by atoms with Gasteiger partial charge in [0.2, 0.25) is 0 Å². The molecule has 0 radical (unpaired) electrons. The number of nitrogens with zero attached hydrogens (tertiary/aromatic N) is 4. The number of nitrogens with one attached hydrogen (secondary N) is 1. The van der Waals surface area contributed by atoms with Crippen molar-refractivity contribution in [3.05, 3.63) is 47.4 Å². The number of hydrogen-bond donors (Lipinski definition) is 1. The fourth-order valence-electron chi connectivity index (χ4n) is 4.08. The number of fused-ring (bicyclic) bond motifs is 3. The van der Waals surface area contributed by atoms with E-state index in [1.165, 1.54) is 0 Å². The van der Waals surface area contributed by atoms with E-state index in [9.17, 15) is 0 Å². The number of halogens is 1. The van der Waals surface area contributed by atoms with Crippen molar-refractivity contribution < 1.29 is 14.2 Å². The smallest absolute Gasteiger partial charge is 0.163 e. The fourth-order valence-corrected chi connectivity index (χ4v) is 4.39. The summed E-state index contributed by atoms with van der Waals surface area (Å²) in [5, 5.41) is 4.08. The molecular weight excluding hydrogens is 430 g/mol. The van der Waals surface area contributed by atoms with Gasteiger partial charge in [-0.15, -0.1) is 0 Å². The van der Waals surface area contributed by atoms with Crippen molar-refractivity contribution in [2.75, 3.05) is 50.7 Å². The van der Waals surface area contributed by atoms with Gasteiger partial charge >= 0.3 is 0 Å². The molecule has 9 heteroatoms. The van der Waals surface area contributed by atoms with Crippen LogP contribution in [0.3, 0.4) is 0 Å². The zero-order valence-electron chi connectivity index (χ0n) is 18.2. The van der Waals surface area contributed by atoms with Crippen molar-refractivity contribution in [1.82, 2.24) is 14.4 Å². The maximum atomic E-state index is 6.73. The van der Waals surface area contributed by atoms with E-state index in [1.807, 2.05) is 29.5 Å². The predicted octanol–water partition coefficient (Wildman–Crippen LogP) is 4.44. The lowest BCUT2D eigenvalue weighted by Gasteiger charge is -2.29. The van der Waals surface area contributed by atoms with Crippen LogP contribution in [0.2, 0.25) is 5.02 Å². The van der Waals surface area contributed by atoms with Crippen LogP contribution in [0.5, 0.6) is 11.5 Å². The average molecular weight is 454 g/mol. The van der Waals surface area contributed by atoms with Gasteiger partial charge in [-0.25, -0.2) is 9.97 Å². The van der Waals surface area contributed by atoms with Gasteiger partial charge in [-0.2, -0.15) is 0 Å². The van der Waals surface area contributed by atoms with E-state index in [4.69, 9.17) is 30.8 Å². The molecule has 0 saturated carbocycles. The zero-order valence-corrected chi connectivity index (χ0v) is 18.9. The summed E-state index contributed by atoms with van der Waals surface area (Å²) in [4.78, 5) is 11.5. The molecule has 3 heterocycles. The quantitative estimate of drug-likeness (QED) is 0.478. The summed E-state index contributed by atoms with van der Waals surface area (Å²) in [6.45, 7) is 5.21. The van der Waals surface area contributed by atoms with Crippen molar-refractivity contribution in [3.63, 3.8) is 0 Å². The second-order valence-corrected chi connectivity index (χ2v) is 8.06. The highest BCUT2D eigenvalue weighted by molar-refractivity contribution is 6.34. The third kappa shape index (κ3) is 3.55. The molecule has 0 atom stereocenters. The van der Waals surface area contributed by atoms with E-state index in [1.54, 1.807) is 26.7 Å². The minimum atomic E-state index is 0.613. The molecule has 1 fully saturated rings. The van der Waals surface area contributed by atoms with Crippen LogP contribution in [-0.2, 0) is 4.74 Å². The standard InChI is InChI=1S/C23H24ClN5O3/c1-14-8-15(28-4-6-32-7-5-28)9-16(24)22(14)27-23-19-12-25-13-29(19)18-11-21(31-3)20(30-2)10-17(18)26-23/h8-13H,4-7H2,1-3H3,(H,26,27). The number of morpholine rings is 1. The van der Waals surface area contributed by atoms with E-state index >= 15 is 0 Å². The predicted molar refractivity (Wildman–Crippen MR) is 126 cm³/mol. The van der Waals surface area contributed by atoms with Crippen molar-refractivity contribution in [3.8, 4) is 11.5 Å².